The summed E-state index contributed by atoms with van der Waals surface area (Å²) in [5.41, 5.74) is -1.18. The summed E-state index contributed by atoms with van der Waals surface area (Å²) >= 11 is 18.0. The van der Waals surface area contributed by atoms with E-state index < -0.39 is 23.2 Å². The number of nitrogens with one attached hydrogen (secondary N) is 1. The maximum Gasteiger partial charge on any atom is 0.416 e. The van der Waals surface area contributed by atoms with Crippen LogP contribution in [0.1, 0.15) is 11.3 Å². The van der Waals surface area contributed by atoms with Crippen molar-refractivity contribution in [3.8, 4) is 17.4 Å². The number of benzene rings is 2. The van der Waals surface area contributed by atoms with E-state index in [9.17, 15) is 23.2 Å². The van der Waals surface area contributed by atoms with Crippen LogP contribution in [0.4, 0.5) is 18.9 Å². The van der Waals surface area contributed by atoms with Crippen LogP contribution in [0, 0.1) is 11.3 Å². The highest BCUT2D eigenvalue weighted by atomic mass is 35.5. The fraction of sp³-hybridized carbons (Fsp3) is 0.0476. The van der Waals surface area contributed by atoms with Crippen molar-refractivity contribution in [1.82, 2.24) is 0 Å². The molecule has 1 aromatic heterocycles. The van der Waals surface area contributed by atoms with Crippen molar-refractivity contribution in [2.24, 2.45) is 0 Å². The molecule has 0 fully saturated rings. The van der Waals surface area contributed by atoms with Crippen LogP contribution in [-0.2, 0) is 11.0 Å². The molecule has 158 valence electrons. The molecule has 0 unspecified atom stereocenters. The van der Waals surface area contributed by atoms with E-state index in [2.05, 4.69) is 5.32 Å². The number of hydrogen-bond donors (Lipinski definition) is 1. The third kappa shape index (κ3) is 5.23. The second-order valence-electron chi connectivity index (χ2n) is 6.12. The molecule has 0 atom stereocenters. The Labute approximate surface area is 189 Å². The zero-order chi connectivity index (χ0) is 22.8. The number of furan rings is 1. The standard InChI is InChI=1S/C21H10Cl3F3N2O2/c22-15-6-4-12(21(25,26)27)9-17(15)29-20(30)11(10-28)8-13-5-7-18(31-13)14-2-1-3-16(23)19(14)24/h1-9H,(H,29,30)/b11-8+. The fourth-order valence-corrected chi connectivity index (χ4v) is 3.11. The molecule has 1 N–H and O–H groups in total. The van der Waals surface area contributed by atoms with Crippen LogP contribution < -0.4 is 5.32 Å². The first-order valence-electron chi connectivity index (χ1n) is 8.44. The average molecular weight is 486 g/mol. The molecule has 0 aliphatic heterocycles. The van der Waals surface area contributed by atoms with Crippen LogP contribution in [0.25, 0.3) is 17.4 Å². The second kappa shape index (κ2) is 9.06. The number of halogens is 6. The second-order valence-corrected chi connectivity index (χ2v) is 7.31. The summed E-state index contributed by atoms with van der Waals surface area (Å²) < 4.78 is 44.3. The molecule has 0 bridgehead atoms. The minimum Gasteiger partial charge on any atom is -0.457 e. The Bertz CT molecular complexity index is 1230. The van der Waals surface area contributed by atoms with Crippen molar-refractivity contribution in [2.45, 2.75) is 6.18 Å². The van der Waals surface area contributed by atoms with Crippen molar-refractivity contribution in [1.29, 1.82) is 5.26 Å². The summed E-state index contributed by atoms with van der Waals surface area (Å²) in [5, 5.41) is 12.0. The van der Waals surface area contributed by atoms with Gasteiger partial charge >= 0.3 is 6.18 Å². The third-order valence-electron chi connectivity index (χ3n) is 4.04. The summed E-state index contributed by atoms with van der Waals surface area (Å²) in [4.78, 5) is 12.4. The van der Waals surface area contributed by atoms with Gasteiger partial charge in [-0.2, -0.15) is 18.4 Å². The van der Waals surface area contributed by atoms with Gasteiger partial charge < -0.3 is 9.73 Å². The maximum atomic E-state index is 12.9. The number of carbonyl (C=O) groups is 1. The van der Waals surface area contributed by atoms with Crippen molar-refractivity contribution >= 4 is 52.5 Å². The van der Waals surface area contributed by atoms with Gasteiger partial charge in [-0.05, 0) is 42.5 Å². The number of nitriles is 1. The van der Waals surface area contributed by atoms with Gasteiger partial charge in [0.05, 0.1) is 26.3 Å². The highest BCUT2D eigenvalue weighted by molar-refractivity contribution is 6.43. The first-order valence-corrected chi connectivity index (χ1v) is 9.57. The van der Waals surface area contributed by atoms with E-state index in [1.54, 1.807) is 30.3 Å². The Morgan fingerprint density at radius 3 is 2.48 bits per heavy atom. The van der Waals surface area contributed by atoms with E-state index in [1.807, 2.05) is 0 Å². The quantitative estimate of drug-likeness (QED) is 0.308. The molecule has 1 amide bonds. The molecule has 1 heterocycles. The molecule has 0 aliphatic rings. The summed E-state index contributed by atoms with van der Waals surface area (Å²) in [6, 6.07) is 12.2. The van der Waals surface area contributed by atoms with Gasteiger partial charge in [0.25, 0.3) is 5.91 Å². The lowest BCUT2D eigenvalue weighted by atomic mass is 10.1. The van der Waals surface area contributed by atoms with E-state index in [0.29, 0.717) is 22.4 Å². The Kier molecular flexibility index (Phi) is 6.65. The SMILES string of the molecule is N#C/C(=C\c1ccc(-c2cccc(Cl)c2Cl)o1)C(=O)Nc1cc(C(F)(F)F)ccc1Cl. The maximum absolute atomic E-state index is 12.9. The molecule has 2 aromatic carbocycles. The summed E-state index contributed by atoms with van der Waals surface area (Å²) in [6.45, 7) is 0. The van der Waals surface area contributed by atoms with E-state index in [1.165, 1.54) is 6.07 Å². The van der Waals surface area contributed by atoms with Gasteiger partial charge in [-0.15, -0.1) is 0 Å². The number of alkyl halides is 3. The number of anilines is 1. The predicted molar refractivity (Wildman–Crippen MR) is 113 cm³/mol. The number of hydrogen-bond acceptors (Lipinski definition) is 3. The minimum atomic E-state index is -4.62. The lowest BCUT2D eigenvalue weighted by Gasteiger charge is -2.11. The van der Waals surface area contributed by atoms with Crippen LogP contribution >= 0.6 is 34.8 Å². The Morgan fingerprint density at radius 1 is 1.06 bits per heavy atom. The fourth-order valence-electron chi connectivity index (χ4n) is 2.55. The van der Waals surface area contributed by atoms with Gasteiger partial charge in [-0.3, -0.25) is 4.79 Å². The van der Waals surface area contributed by atoms with Crippen LogP contribution in [0.2, 0.25) is 15.1 Å². The predicted octanol–water partition coefficient (Wildman–Crippen LogP) is 7.47. The topological polar surface area (TPSA) is 66.0 Å². The Hall–Kier alpha value is -2.92. The van der Waals surface area contributed by atoms with Gasteiger partial charge in [0.1, 0.15) is 23.2 Å². The van der Waals surface area contributed by atoms with Gasteiger partial charge in [0.2, 0.25) is 0 Å². The van der Waals surface area contributed by atoms with Crippen LogP contribution in [0.3, 0.4) is 0 Å². The largest absolute Gasteiger partial charge is 0.457 e. The number of nitrogens with zero attached hydrogens (tertiary/aromatic N) is 1. The highest BCUT2D eigenvalue weighted by Gasteiger charge is 2.31. The van der Waals surface area contributed by atoms with E-state index in [4.69, 9.17) is 39.2 Å². The van der Waals surface area contributed by atoms with Gasteiger partial charge in [0, 0.05) is 11.6 Å². The average Bonchev–Trinajstić information content (AvgIpc) is 3.17. The minimum absolute atomic E-state index is 0.116. The summed E-state index contributed by atoms with van der Waals surface area (Å²) in [5.74, 6) is -0.465. The molecule has 0 saturated heterocycles. The first-order chi connectivity index (χ1) is 14.6. The van der Waals surface area contributed by atoms with Gasteiger partial charge in [-0.1, -0.05) is 40.9 Å². The summed E-state index contributed by atoms with van der Waals surface area (Å²) in [6.07, 6.45) is -3.48. The van der Waals surface area contributed by atoms with Gasteiger partial charge in [0.15, 0.2) is 0 Å². The molecule has 0 spiro atoms. The smallest absolute Gasteiger partial charge is 0.416 e. The molecule has 0 radical (unpaired) electrons. The molecular weight excluding hydrogens is 476 g/mol. The van der Waals surface area contributed by atoms with Crippen LogP contribution in [0.5, 0.6) is 0 Å². The zero-order valence-electron chi connectivity index (χ0n) is 15.2. The Morgan fingerprint density at radius 2 is 1.81 bits per heavy atom. The molecular formula is C21H10Cl3F3N2O2. The van der Waals surface area contributed by atoms with Gasteiger partial charge in [-0.25, -0.2) is 0 Å². The number of amides is 1. The molecule has 0 aliphatic carbocycles. The zero-order valence-corrected chi connectivity index (χ0v) is 17.5. The first kappa shape index (κ1) is 22.8. The molecule has 3 rings (SSSR count). The van der Waals surface area contributed by atoms with E-state index in [-0.39, 0.29) is 21.5 Å². The Balaban J connectivity index is 1.86. The molecule has 3 aromatic rings. The lowest BCUT2D eigenvalue weighted by Crippen LogP contribution is -2.15. The van der Waals surface area contributed by atoms with E-state index >= 15 is 0 Å². The molecule has 4 nitrogen and oxygen atoms in total. The molecule has 0 saturated carbocycles. The highest BCUT2D eigenvalue weighted by Crippen LogP contribution is 2.35. The molecule has 31 heavy (non-hydrogen) atoms. The summed E-state index contributed by atoms with van der Waals surface area (Å²) in [7, 11) is 0. The normalized spacial score (nSPS) is 11.8. The van der Waals surface area contributed by atoms with Crippen LogP contribution in [0.15, 0.2) is 58.5 Å². The van der Waals surface area contributed by atoms with E-state index in [0.717, 1.165) is 18.2 Å². The van der Waals surface area contributed by atoms with Crippen molar-refractivity contribution in [2.75, 3.05) is 5.32 Å². The van der Waals surface area contributed by atoms with Crippen molar-refractivity contribution in [3.63, 3.8) is 0 Å². The number of carbonyl (C=O) groups excluding carboxylic acids is 1. The van der Waals surface area contributed by atoms with Crippen molar-refractivity contribution < 1.29 is 22.4 Å². The lowest BCUT2D eigenvalue weighted by molar-refractivity contribution is -0.137. The molecule has 10 heteroatoms. The number of rotatable bonds is 4. The van der Waals surface area contributed by atoms with Crippen molar-refractivity contribution in [3.05, 3.63) is 80.5 Å². The van der Waals surface area contributed by atoms with Crippen LogP contribution in [-0.4, -0.2) is 5.91 Å². The monoisotopic (exact) mass is 484 g/mol. The third-order valence-corrected chi connectivity index (χ3v) is 5.19.